The number of nitrogens with zero attached hydrogens (tertiary/aromatic N) is 1. The number of hydrogen-bond donors (Lipinski definition) is 0. The minimum atomic E-state index is 0.808. The largest absolute Gasteiger partial charge is 0.376 e. The van der Waals surface area contributed by atoms with Crippen LogP contribution >= 0.6 is 0 Å². The zero-order valence-electron chi connectivity index (χ0n) is 10.7. The molecule has 1 rings (SSSR count). The SMILES string of the molecule is CCOCC[N+]1(CCOCC)CCOCC1. The van der Waals surface area contributed by atoms with Crippen molar-refractivity contribution in [2.45, 2.75) is 13.8 Å². The standard InChI is InChI=1S/C12H26NO3/c1-3-14-9-5-13(6-10-15-4-2)7-11-16-12-8-13/h3-12H2,1-2H3/q+1. The Hall–Kier alpha value is -0.160. The molecular formula is C12H26NO3+. The Kier molecular flexibility index (Phi) is 6.96. The Morgan fingerprint density at radius 1 is 0.938 bits per heavy atom. The molecule has 0 aromatic heterocycles. The van der Waals surface area contributed by atoms with Crippen molar-refractivity contribution in [2.75, 3.05) is 65.8 Å². The Morgan fingerprint density at radius 2 is 1.44 bits per heavy atom. The van der Waals surface area contributed by atoms with E-state index in [1.54, 1.807) is 0 Å². The fourth-order valence-electron chi connectivity index (χ4n) is 2.09. The van der Waals surface area contributed by atoms with Gasteiger partial charge in [0, 0.05) is 13.2 Å². The first-order valence-electron chi connectivity index (χ1n) is 6.41. The second-order valence-corrected chi connectivity index (χ2v) is 4.24. The number of morpholine rings is 1. The zero-order valence-corrected chi connectivity index (χ0v) is 10.7. The van der Waals surface area contributed by atoms with Gasteiger partial charge in [-0.2, -0.15) is 0 Å². The van der Waals surface area contributed by atoms with Gasteiger partial charge in [0.1, 0.15) is 26.2 Å². The quantitative estimate of drug-likeness (QED) is 0.460. The smallest absolute Gasteiger partial charge is 0.103 e. The molecule has 1 aliphatic rings. The van der Waals surface area contributed by atoms with Gasteiger partial charge in [-0.05, 0) is 13.8 Å². The molecule has 0 unspecified atom stereocenters. The molecule has 0 saturated carbocycles. The van der Waals surface area contributed by atoms with Gasteiger partial charge >= 0.3 is 0 Å². The molecule has 0 spiro atoms. The van der Waals surface area contributed by atoms with Gasteiger partial charge in [-0.15, -0.1) is 0 Å². The van der Waals surface area contributed by atoms with Crippen molar-refractivity contribution in [1.29, 1.82) is 0 Å². The van der Waals surface area contributed by atoms with Crippen LogP contribution in [0.1, 0.15) is 13.8 Å². The summed E-state index contributed by atoms with van der Waals surface area (Å²) in [6.07, 6.45) is 0. The lowest BCUT2D eigenvalue weighted by Crippen LogP contribution is -2.58. The van der Waals surface area contributed by atoms with Crippen LogP contribution in [-0.2, 0) is 14.2 Å². The summed E-state index contributed by atoms with van der Waals surface area (Å²) in [4.78, 5) is 0. The minimum Gasteiger partial charge on any atom is -0.376 e. The Labute approximate surface area is 99.1 Å². The van der Waals surface area contributed by atoms with Crippen LogP contribution < -0.4 is 0 Å². The first kappa shape index (κ1) is 13.9. The van der Waals surface area contributed by atoms with Crippen molar-refractivity contribution in [3.63, 3.8) is 0 Å². The van der Waals surface area contributed by atoms with Crippen molar-refractivity contribution < 1.29 is 18.7 Å². The van der Waals surface area contributed by atoms with Crippen LogP contribution in [0.2, 0.25) is 0 Å². The number of rotatable bonds is 8. The third-order valence-corrected chi connectivity index (χ3v) is 3.25. The van der Waals surface area contributed by atoms with Gasteiger partial charge in [-0.1, -0.05) is 0 Å². The van der Waals surface area contributed by atoms with E-state index in [1.165, 1.54) is 0 Å². The van der Waals surface area contributed by atoms with Crippen molar-refractivity contribution in [3.05, 3.63) is 0 Å². The van der Waals surface area contributed by atoms with E-state index in [9.17, 15) is 0 Å². The molecule has 1 aliphatic heterocycles. The van der Waals surface area contributed by atoms with E-state index >= 15 is 0 Å². The molecule has 1 fully saturated rings. The highest BCUT2D eigenvalue weighted by Gasteiger charge is 2.29. The molecule has 0 bridgehead atoms. The molecule has 0 atom stereocenters. The van der Waals surface area contributed by atoms with E-state index in [0.29, 0.717) is 0 Å². The summed E-state index contributed by atoms with van der Waals surface area (Å²) in [5.41, 5.74) is 0. The lowest BCUT2D eigenvalue weighted by molar-refractivity contribution is -0.935. The zero-order chi connectivity index (χ0) is 11.7. The second kappa shape index (κ2) is 8.01. The maximum Gasteiger partial charge on any atom is 0.103 e. The van der Waals surface area contributed by atoms with Crippen LogP contribution in [0, 0.1) is 0 Å². The van der Waals surface area contributed by atoms with E-state index in [-0.39, 0.29) is 0 Å². The Bertz CT molecular complexity index is 158. The summed E-state index contributed by atoms with van der Waals surface area (Å²) in [7, 11) is 0. The average molecular weight is 232 g/mol. The minimum absolute atomic E-state index is 0.808. The van der Waals surface area contributed by atoms with E-state index in [1.807, 2.05) is 13.8 Å². The third-order valence-electron chi connectivity index (χ3n) is 3.25. The topological polar surface area (TPSA) is 27.7 Å². The van der Waals surface area contributed by atoms with Crippen LogP contribution in [0.15, 0.2) is 0 Å². The number of quaternary nitrogens is 1. The lowest BCUT2D eigenvalue weighted by atomic mass is 10.3. The van der Waals surface area contributed by atoms with Gasteiger partial charge in [0.05, 0.1) is 26.4 Å². The van der Waals surface area contributed by atoms with E-state index in [4.69, 9.17) is 14.2 Å². The van der Waals surface area contributed by atoms with E-state index < -0.39 is 0 Å². The molecule has 4 heteroatoms. The first-order chi connectivity index (χ1) is 7.83. The fourth-order valence-corrected chi connectivity index (χ4v) is 2.09. The molecular weight excluding hydrogens is 206 g/mol. The average Bonchev–Trinajstić information content (AvgIpc) is 2.31. The molecule has 4 nitrogen and oxygen atoms in total. The number of ether oxygens (including phenoxy) is 3. The molecule has 1 heterocycles. The van der Waals surface area contributed by atoms with Crippen LogP contribution in [0.5, 0.6) is 0 Å². The summed E-state index contributed by atoms with van der Waals surface area (Å²) in [6.45, 7) is 13.5. The third kappa shape index (κ3) is 4.78. The molecule has 1 saturated heterocycles. The summed E-state index contributed by atoms with van der Waals surface area (Å²) in [5, 5.41) is 0. The van der Waals surface area contributed by atoms with Gasteiger partial charge in [-0.3, -0.25) is 0 Å². The highest BCUT2D eigenvalue weighted by atomic mass is 16.5. The molecule has 0 amide bonds. The van der Waals surface area contributed by atoms with Crippen molar-refractivity contribution in [3.8, 4) is 0 Å². The number of hydrogen-bond acceptors (Lipinski definition) is 3. The molecule has 0 aromatic carbocycles. The molecule has 0 aromatic rings. The summed E-state index contributed by atoms with van der Waals surface area (Å²) < 4.78 is 17.5. The predicted octanol–water partition coefficient (Wildman–Crippen LogP) is 0.906. The fraction of sp³-hybridized carbons (Fsp3) is 1.00. The molecule has 0 N–H and O–H groups in total. The highest BCUT2D eigenvalue weighted by Crippen LogP contribution is 2.11. The van der Waals surface area contributed by atoms with Gasteiger partial charge in [0.2, 0.25) is 0 Å². The van der Waals surface area contributed by atoms with Crippen molar-refractivity contribution in [1.82, 2.24) is 0 Å². The normalized spacial score (nSPS) is 19.9. The van der Waals surface area contributed by atoms with Crippen LogP contribution in [0.25, 0.3) is 0 Å². The summed E-state index contributed by atoms with van der Waals surface area (Å²) in [6, 6.07) is 0. The van der Waals surface area contributed by atoms with Crippen LogP contribution in [0.3, 0.4) is 0 Å². The van der Waals surface area contributed by atoms with Crippen molar-refractivity contribution >= 4 is 0 Å². The predicted molar refractivity (Wildman–Crippen MR) is 63.5 cm³/mol. The van der Waals surface area contributed by atoms with Gasteiger partial charge in [0.15, 0.2) is 0 Å². The lowest BCUT2D eigenvalue weighted by Gasteiger charge is -2.41. The van der Waals surface area contributed by atoms with Gasteiger partial charge in [0.25, 0.3) is 0 Å². The van der Waals surface area contributed by atoms with Crippen LogP contribution in [-0.4, -0.2) is 70.3 Å². The summed E-state index contributed by atoms with van der Waals surface area (Å²) >= 11 is 0. The molecule has 0 aliphatic carbocycles. The van der Waals surface area contributed by atoms with E-state index in [0.717, 1.165) is 70.3 Å². The van der Waals surface area contributed by atoms with E-state index in [2.05, 4.69) is 0 Å². The Balaban J connectivity index is 2.33. The first-order valence-corrected chi connectivity index (χ1v) is 6.41. The van der Waals surface area contributed by atoms with Crippen LogP contribution in [0.4, 0.5) is 0 Å². The molecule has 96 valence electrons. The van der Waals surface area contributed by atoms with Crippen molar-refractivity contribution in [2.24, 2.45) is 0 Å². The maximum atomic E-state index is 5.47. The highest BCUT2D eigenvalue weighted by molar-refractivity contribution is 4.51. The monoisotopic (exact) mass is 232 g/mol. The second-order valence-electron chi connectivity index (χ2n) is 4.24. The Morgan fingerprint density at radius 3 is 1.88 bits per heavy atom. The van der Waals surface area contributed by atoms with Gasteiger partial charge < -0.3 is 18.7 Å². The summed E-state index contributed by atoms with van der Waals surface area (Å²) in [5.74, 6) is 0. The maximum absolute atomic E-state index is 5.47. The van der Waals surface area contributed by atoms with Gasteiger partial charge in [-0.25, -0.2) is 0 Å². The molecule has 0 radical (unpaired) electrons. The molecule has 16 heavy (non-hydrogen) atoms.